The Morgan fingerprint density at radius 3 is 2.56 bits per heavy atom. The smallest absolute Gasteiger partial charge is 0.316 e. The third-order valence-electron chi connectivity index (χ3n) is 4.22. The molecule has 132 valence electrons. The topological polar surface area (TPSA) is 64.1 Å². The summed E-state index contributed by atoms with van der Waals surface area (Å²) in [6.07, 6.45) is 5.66. The monoisotopic (exact) mass is 363 g/mol. The predicted octanol–water partition coefficient (Wildman–Crippen LogP) is 3.32. The highest BCUT2D eigenvalue weighted by atomic mass is 35.5. The number of aromatic nitrogens is 2. The van der Waals surface area contributed by atoms with E-state index in [1.807, 2.05) is 18.2 Å². The molecule has 1 aromatic carbocycles. The first kappa shape index (κ1) is 17.6. The fraction of sp³-hybridized carbons (Fsp3) is 0.389. The van der Waals surface area contributed by atoms with E-state index >= 15 is 0 Å². The molecule has 1 heterocycles. The van der Waals surface area contributed by atoms with E-state index < -0.39 is 5.82 Å². The van der Waals surface area contributed by atoms with Gasteiger partial charge in [-0.2, -0.15) is 0 Å². The number of hydrogen-bond donors (Lipinski definition) is 1. The Balaban J connectivity index is 1.43. The van der Waals surface area contributed by atoms with Gasteiger partial charge in [0.05, 0.1) is 18.8 Å². The standard InChI is InChI=1S/C18H19ClFN3O2/c19-16-4-2-1-3-12(16)9-17(24)23-14-5-7-15(8-6-14)25-18-21-10-13(20)11-22-18/h1-4,10-11,14-15H,5-9H2,(H,23,24). The van der Waals surface area contributed by atoms with Gasteiger partial charge in [-0.05, 0) is 37.3 Å². The molecule has 3 rings (SSSR count). The molecule has 1 saturated carbocycles. The SMILES string of the molecule is O=C(Cc1ccccc1Cl)NC1CCC(Oc2ncc(F)cn2)CC1. The molecule has 0 unspecified atom stereocenters. The molecular weight excluding hydrogens is 345 g/mol. The van der Waals surface area contributed by atoms with E-state index in [0.717, 1.165) is 43.6 Å². The van der Waals surface area contributed by atoms with Crippen LogP contribution in [-0.4, -0.2) is 28.0 Å². The minimum atomic E-state index is -0.489. The summed E-state index contributed by atoms with van der Waals surface area (Å²) in [6.45, 7) is 0. The van der Waals surface area contributed by atoms with E-state index in [1.54, 1.807) is 6.07 Å². The number of nitrogens with one attached hydrogen (secondary N) is 1. The molecule has 1 aromatic heterocycles. The Hall–Kier alpha value is -2.21. The van der Waals surface area contributed by atoms with E-state index in [4.69, 9.17) is 16.3 Å². The average molecular weight is 364 g/mol. The van der Waals surface area contributed by atoms with Gasteiger partial charge in [0.1, 0.15) is 6.10 Å². The molecule has 0 aliphatic heterocycles. The normalized spacial score (nSPS) is 20.1. The number of nitrogens with zero attached hydrogens (tertiary/aromatic N) is 2. The van der Waals surface area contributed by atoms with Gasteiger partial charge in [-0.25, -0.2) is 14.4 Å². The first-order valence-corrected chi connectivity index (χ1v) is 8.65. The summed E-state index contributed by atoms with van der Waals surface area (Å²) in [7, 11) is 0. The predicted molar refractivity (Wildman–Crippen MR) is 92.0 cm³/mol. The molecular formula is C18H19ClFN3O2. The lowest BCUT2D eigenvalue weighted by atomic mass is 9.93. The molecule has 25 heavy (non-hydrogen) atoms. The molecule has 1 aliphatic rings. The van der Waals surface area contributed by atoms with Gasteiger partial charge in [0, 0.05) is 11.1 Å². The minimum Gasteiger partial charge on any atom is -0.460 e. The maximum absolute atomic E-state index is 12.8. The average Bonchev–Trinajstić information content (AvgIpc) is 2.61. The molecule has 0 saturated heterocycles. The number of carbonyl (C=O) groups excluding carboxylic acids is 1. The lowest BCUT2D eigenvalue weighted by molar-refractivity contribution is -0.121. The van der Waals surface area contributed by atoms with Gasteiger partial charge in [-0.15, -0.1) is 0 Å². The summed E-state index contributed by atoms with van der Waals surface area (Å²) >= 11 is 6.09. The maximum atomic E-state index is 12.8. The van der Waals surface area contributed by atoms with Crippen LogP contribution in [-0.2, 0) is 11.2 Å². The number of benzene rings is 1. The largest absolute Gasteiger partial charge is 0.460 e. The number of amides is 1. The highest BCUT2D eigenvalue weighted by Gasteiger charge is 2.24. The van der Waals surface area contributed by atoms with Crippen molar-refractivity contribution in [2.45, 2.75) is 44.2 Å². The van der Waals surface area contributed by atoms with Crippen molar-refractivity contribution >= 4 is 17.5 Å². The highest BCUT2D eigenvalue weighted by Crippen LogP contribution is 2.22. The highest BCUT2D eigenvalue weighted by molar-refractivity contribution is 6.31. The van der Waals surface area contributed by atoms with Crippen LogP contribution in [0, 0.1) is 5.82 Å². The van der Waals surface area contributed by atoms with Crippen LogP contribution in [0.5, 0.6) is 6.01 Å². The van der Waals surface area contributed by atoms with E-state index in [0.29, 0.717) is 5.02 Å². The van der Waals surface area contributed by atoms with Crippen LogP contribution in [0.25, 0.3) is 0 Å². The first-order chi connectivity index (χ1) is 12.1. The molecule has 5 nitrogen and oxygen atoms in total. The number of halogens is 2. The second-order valence-electron chi connectivity index (χ2n) is 6.11. The van der Waals surface area contributed by atoms with Crippen molar-refractivity contribution in [1.29, 1.82) is 0 Å². The molecule has 1 fully saturated rings. The van der Waals surface area contributed by atoms with E-state index in [9.17, 15) is 9.18 Å². The lowest BCUT2D eigenvalue weighted by Gasteiger charge is -2.28. The van der Waals surface area contributed by atoms with Crippen LogP contribution in [0.4, 0.5) is 4.39 Å². The molecule has 0 atom stereocenters. The third-order valence-corrected chi connectivity index (χ3v) is 4.59. The molecule has 0 spiro atoms. The van der Waals surface area contributed by atoms with Crippen LogP contribution in [0.15, 0.2) is 36.7 Å². The van der Waals surface area contributed by atoms with Crippen molar-refractivity contribution < 1.29 is 13.9 Å². The zero-order chi connectivity index (χ0) is 17.6. The second kappa shape index (κ2) is 8.25. The molecule has 0 radical (unpaired) electrons. The van der Waals surface area contributed by atoms with Crippen molar-refractivity contribution in [1.82, 2.24) is 15.3 Å². The quantitative estimate of drug-likeness (QED) is 0.885. The summed E-state index contributed by atoms with van der Waals surface area (Å²) in [5.41, 5.74) is 0.826. The van der Waals surface area contributed by atoms with Gasteiger partial charge in [0.15, 0.2) is 5.82 Å². The van der Waals surface area contributed by atoms with Gasteiger partial charge in [0.2, 0.25) is 5.91 Å². The summed E-state index contributed by atoms with van der Waals surface area (Å²) in [5.74, 6) is -0.517. The Morgan fingerprint density at radius 1 is 1.20 bits per heavy atom. The zero-order valence-electron chi connectivity index (χ0n) is 13.6. The summed E-state index contributed by atoms with van der Waals surface area (Å²) < 4.78 is 18.4. The molecule has 1 N–H and O–H groups in total. The Bertz CT molecular complexity index is 719. The molecule has 2 aromatic rings. The van der Waals surface area contributed by atoms with E-state index in [2.05, 4.69) is 15.3 Å². The summed E-state index contributed by atoms with van der Waals surface area (Å²) in [5, 5.41) is 3.66. The molecule has 7 heteroatoms. The fourth-order valence-corrected chi connectivity index (χ4v) is 3.13. The Morgan fingerprint density at radius 2 is 1.88 bits per heavy atom. The van der Waals surface area contributed by atoms with Crippen LogP contribution < -0.4 is 10.1 Å². The van der Waals surface area contributed by atoms with Gasteiger partial charge in [-0.3, -0.25) is 4.79 Å². The minimum absolute atomic E-state index is 0.0119. The van der Waals surface area contributed by atoms with Crippen LogP contribution in [0.3, 0.4) is 0 Å². The second-order valence-corrected chi connectivity index (χ2v) is 6.52. The number of hydrogen-bond acceptors (Lipinski definition) is 4. The van der Waals surface area contributed by atoms with Gasteiger partial charge in [-0.1, -0.05) is 29.8 Å². The fourth-order valence-electron chi connectivity index (χ4n) is 2.93. The van der Waals surface area contributed by atoms with E-state index in [-0.39, 0.29) is 30.5 Å². The number of rotatable bonds is 5. The Kier molecular flexibility index (Phi) is 5.81. The maximum Gasteiger partial charge on any atom is 0.316 e. The van der Waals surface area contributed by atoms with Gasteiger partial charge in [0.25, 0.3) is 0 Å². The lowest BCUT2D eigenvalue weighted by Crippen LogP contribution is -2.40. The van der Waals surface area contributed by atoms with Crippen LogP contribution in [0.1, 0.15) is 31.2 Å². The van der Waals surface area contributed by atoms with Crippen molar-refractivity contribution in [2.24, 2.45) is 0 Å². The Labute approximate surface area is 150 Å². The van der Waals surface area contributed by atoms with Crippen molar-refractivity contribution in [3.05, 3.63) is 53.1 Å². The zero-order valence-corrected chi connectivity index (χ0v) is 14.4. The van der Waals surface area contributed by atoms with Crippen LogP contribution in [0.2, 0.25) is 5.02 Å². The van der Waals surface area contributed by atoms with Crippen molar-refractivity contribution in [2.75, 3.05) is 0 Å². The molecule has 1 amide bonds. The van der Waals surface area contributed by atoms with Gasteiger partial charge < -0.3 is 10.1 Å². The van der Waals surface area contributed by atoms with Crippen molar-refractivity contribution in [3.8, 4) is 6.01 Å². The summed E-state index contributed by atoms with van der Waals surface area (Å²) in [4.78, 5) is 19.8. The first-order valence-electron chi connectivity index (χ1n) is 8.27. The van der Waals surface area contributed by atoms with Crippen LogP contribution >= 0.6 is 11.6 Å². The van der Waals surface area contributed by atoms with Crippen molar-refractivity contribution in [3.63, 3.8) is 0 Å². The third kappa shape index (κ3) is 5.13. The number of carbonyl (C=O) groups is 1. The molecule has 0 bridgehead atoms. The summed E-state index contributed by atoms with van der Waals surface area (Å²) in [6, 6.07) is 7.67. The number of ether oxygens (including phenoxy) is 1. The van der Waals surface area contributed by atoms with Gasteiger partial charge >= 0.3 is 6.01 Å². The molecule has 1 aliphatic carbocycles. The van der Waals surface area contributed by atoms with E-state index in [1.165, 1.54) is 0 Å².